The van der Waals surface area contributed by atoms with E-state index < -0.39 is 0 Å². The lowest BCUT2D eigenvalue weighted by Gasteiger charge is -2.32. The highest BCUT2D eigenvalue weighted by atomic mass is 14.6. The molecule has 1 aliphatic rings. The maximum absolute atomic E-state index is 5.87. The van der Waals surface area contributed by atoms with Gasteiger partial charge in [0.2, 0.25) is 0 Å². The average molecular weight is 153 g/mol. The van der Waals surface area contributed by atoms with Crippen LogP contribution in [0.25, 0.3) is 0 Å². The normalized spacial score (nSPS) is 32.4. The molecule has 0 aromatic carbocycles. The van der Waals surface area contributed by atoms with Gasteiger partial charge < -0.3 is 5.73 Å². The molecule has 0 aromatic heterocycles. The Labute approximate surface area is 69.7 Å². The Bertz CT molecular complexity index is 153. The second-order valence-corrected chi connectivity index (χ2v) is 4.63. The quantitative estimate of drug-likeness (QED) is 0.531. The minimum atomic E-state index is 0.383. The molecular formula is C10H19N. The lowest BCUT2D eigenvalue weighted by Crippen LogP contribution is -2.31. The predicted octanol–water partition coefficient (Wildman–Crippen LogP) is 2.33. The van der Waals surface area contributed by atoms with E-state index in [0.29, 0.717) is 17.4 Å². The molecule has 2 atom stereocenters. The zero-order valence-electron chi connectivity index (χ0n) is 7.80. The maximum Gasteiger partial charge on any atom is 0.00792 e. The van der Waals surface area contributed by atoms with Crippen LogP contribution in [0.3, 0.4) is 0 Å². The smallest absolute Gasteiger partial charge is 0.00792 e. The van der Waals surface area contributed by atoms with Crippen LogP contribution in [0.5, 0.6) is 0 Å². The maximum atomic E-state index is 5.87. The van der Waals surface area contributed by atoms with Gasteiger partial charge in [0.05, 0.1) is 0 Å². The van der Waals surface area contributed by atoms with Crippen LogP contribution in [0.4, 0.5) is 0 Å². The first kappa shape index (κ1) is 8.79. The van der Waals surface area contributed by atoms with Crippen LogP contribution in [0.2, 0.25) is 0 Å². The molecule has 1 unspecified atom stereocenters. The third-order valence-corrected chi connectivity index (χ3v) is 2.48. The summed E-state index contributed by atoms with van der Waals surface area (Å²) in [7, 11) is 0. The Kier molecular flexibility index (Phi) is 2.38. The molecule has 1 rings (SSSR count). The van der Waals surface area contributed by atoms with E-state index in [0.717, 1.165) is 12.8 Å². The Morgan fingerprint density at radius 3 is 2.36 bits per heavy atom. The molecule has 1 aliphatic carbocycles. The molecule has 0 amide bonds. The Balaban J connectivity index is 2.60. The molecule has 0 heterocycles. The summed E-state index contributed by atoms with van der Waals surface area (Å²) in [4.78, 5) is 0. The number of rotatable bonds is 0. The number of nitrogens with two attached hydrogens (primary N) is 1. The van der Waals surface area contributed by atoms with Gasteiger partial charge in [0.15, 0.2) is 0 Å². The highest BCUT2D eigenvalue weighted by molar-refractivity contribution is 5.01. The van der Waals surface area contributed by atoms with Crippen molar-refractivity contribution in [3.8, 4) is 0 Å². The predicted molar refractivity (Wildman–Crippen MR) is 49.3 cm³/mol. The first-order valence-corrected chi connectivity index (χ1v) is 4.42. The minimum Gasteiger partial charge on any atom is -0.327 e. The number of hydrogen-bond acceptors (Lipinski definition) is 1. The van der Waals surface area contributed by atoms with Gasteiger partial charge in [-0.05, 0) is 24.2 Å². The lowest BCUT2D eigenvalue weighted by atomic mass is 9.74. The van der Waals surface area contributed by atoms with Gasteiger partial charge in [-0.15, -0.1) is 0 Å². The largest absolute Gasteiger partial charge is 0.327 e. The third-order valence-electron chi connectivity index (χ3n) is 2.48. The summed E-state index contributed by atoms with van der Waals surface area (Å²) in [6.07, 6.45) is 6.76. The number of allylic oxidation sites excluding steroid dienone is 1. The van der Waals surface area contributed by atoms with Gasteiger partial charge in [0.25, 0.3) is 0 Å². The van der Waals surface area contributed by atoms with Gasteiger partial charge >= 0.3 is 0 Å². The van der Waals surface area contributed by atoms with Crippen LogP contribution in [0.1, 0.15) is 33.6 Å². The second-order valence-electron chi connectivity index (χ2n) is 4.63. The monoisotopic (exact) mass is 153 g/mol. The van der Waals surface area contributed by atoms with Crippen molar-refractivity contribution in [3.63, 3.8) is 0 Å². The van der Waals surface area contributed by atoms with Crippen LogP contribution in [0, 0.1) is 11.3 Å². The average Bonchev–Trinajstić information content (AvgIpc) is 1.86. The molecule has 64 valence electrons. The van der Waals surface area contributed by atoms with Gasteiger partial charge in [-0.3, -0.25) is 0 Å². The molecule has 0 saturated carbocycles. The van der Waals surface area contributed by atoms with Crippen molar-refractivity contribution < 1.29 is 0 Å². The van der Waals surface area contributed by atoms with Gasteiger partial charge in [0, 0.05) is 6.04 Å². The Morgan fingerprint density at radius 1 is 1.36 bits per heavy atom. The van der Waals surface area contributed by atoms with Crippen LogP contribution >= 0.6 is 0 Å². The van der Waals surface area contributed by atoms with E-state index in [1.165, 1.54) is 0 Å². The summed E-state index contributed by atoms with van der Waals surface area (Å²) < 4.78 is 0. The fraction of sp³-hybridized carbons (Fsp3) is 0.800. The summed E-state index contributed by atoms with van der Waals surface area (Å²) in [5.41, 5.74) is 6.25. The first-order chi connectivity index (χ1) is 5.00. The van der Waals surface area contributed by atoms with E-state index >= 15 is 0 Å². The SMILES string of the molecule is CC(C)(C)C1C=CC[C@@H](N)C1. The molecule has 0 spiro atoms. The summed E-state index contributed by atoms with van der Waals surface area (Å²) >= 11 is 0. The summed E-state index contributed by atoms with van der Waals surface area (Å²) in [6.45, 7) is 6.83. The van der Waals surface area contributed by atoms with Crippen molar-refractivity contribution in [3.05, 3.63) is 12.2 Å². The molecule has 2 N–H and O–H groups in total. The molecule has 0 aromatic rings. The van der Waals surface area contributed by atoms with Gasteiger partial charge in [-0.2, -0.15) is 0 Å². The van der Waals surface area contributed by atoms with Gasteiger partial charge in [-0.25, -0.2) is 0 Å². The molecule has 1 nitrogen and oxygen atoms in total. The second kappa shape index (κ2) is 2.98. The Morgan fingerprint density at radius 2 is 2.00 bits per heavy atom. The summed E-state index contributed by atoms with van der Waals surface area (Å²) in [5, 5.41) is 0. The van der Waals surface area contributed by atoms with Crippen LogP contribution in [-0.2, 0) is 0 Å². The highest BCUT2D eigenvalue weighted by Gasteiger charge is 2.25. The third kappa shape index (κ3) is 2.33. The van der Waals surface area contributed by atoms with E-state index in [-0.39, 0.29) is 0 Å². The standard InChI is InChI=1S/C10H19N/c1-10(2,3)8-5-4-6-9(11)7-8/h4-5,8-9H,6-7,11H2,1-3H3/t8?,9-/m1/s1. The molecule has 0 aliphatic heterocycles. The molecule has 0 saturated heterocycles. The molecular weight excluding hydrogens is 134 g/mol. The zero-order chi connectivity index (χ0) is 8.48. The molecule has 0 radical (unpaired) electrons. The van der Waals surface area contributed by atoms with E-state index in [1.807, 2.05) is 0 Å². The van der Waals surface area contributed by atoms with Crippen LogP contribution in [-0.4, -0.2) is 6.04 Å². The minimum absolute atomic E-state index is 0.383. The molecule has 0 bridgehead atoms. The van der Waals surface area contributed by atoms with Gasteiger partial charge in [-0.1, -0.05) is 32.9 Å². The van der Waals surface area contributed by atoms with Crippen LogP contribution in [0.15, 0.2) is 12.2 Å². The van der Waals surface area contributed by atoms with Crippen molar-refractivity contribution in [1.29, 1.82) is 0 Å². The van der Waals surface area contributed by atoms with Crippen molar-refractivity contribution in [2.45, 2.75) is 39.7 Å². The van der Waals surface area contributed by atoms with Gasteiger partial charge in [0.1, 0.15) is 0 Å². The molecule has 11 heavy (non-hydrogen) atoms. The van der Waals surface area contributed by atoms with E-state index in [2.05, 4.69) is 32.9 Å². The number of hydrogen-bond donors (Lipinski definition) is 1. The van der Waals surface area contributed by atoms with E-state index in [4.69, 9.17) is 5.73 Å². The summed E-state index contributed by atoms with van der Waals surface area (Å²) in [6, 6.07) is 0.393. The van der Waals surface area contributed by atoms with Crippen molar-refractivity contribution in [2.24, 2.45) is 17.1 Å². The first-order valence-electron chi connectivity index (χ1n) is 4.42. The van der Waals surface area contributed by atoms with E-state index in [1.54, 1.807) is 0 Å². The van der Waals surface area contributed by atoms with Crippen molar-refractivity contribution in [1.82, 2.24) is 0 Å². The lowest BCUT2D eigenvalue weighted by molar-refractivity contribution is 0.255. The van der Waals surface area contributed by atoms with Crippen molar-refractivity contribution in [2.75, 3.05) is 0 Å². The highest BCUT2D eigenvalue weighted by Crippen LogP contribution is 2.33. The zero-order valence-corrected chi connectivity index (χ0v) is 7.80. The fourth-order valence-electron chi connectivity index (χ4n) is 1.56. The fourth-order valence-corrected chi connectivity index (χ4v) is 1.56. The molecule has 1 heteroatoms. The van der Waals surface area contributed by atoms with E-state index in [9.17, 15) is 0 Å². The molecule has 0 fully saturated rings. The van der Waals surface area contributed by atoms with Crippen LogP contribution < -0.4 is 5.73 Å². The van der Waals surface area contributed by atoms with Crippen molar-refractivity contribution >= 4 is 0 Å². The topological polar surface area (TPSA) is 26.0 Å². The summed E-state index contributed by atoms with van der Waals surface area (Å²) in [5.74, 6) is 0.672. The Hall–Kier alpha value is -0.300.